The minimum Gasteiger partial charge on any atom is -0.247 e. The summed E-state index contributed by atoms with van der Waals surface area (Å²) in [6.45, 7) is 0. The first kappa shape index (κ1) is 30.3. The molecule has 5 nitrogen and oxygen atoms in total. The molecule has 0 aliphatic rings. The van der Waals surface area contributed by atoms with Crippen LogP contribution in [0.2, 0.25) is 0 Å². The van der Waals surface area contributed by atoms with Gasteiger partial charge in [-0.05, 0) is 28.8 Å². The Labute approximate surface area is 298 Å². The van der Waals surface area contributed by atoms with Crippen molar-refractivity contribution in [3.05, 3.63) is 169 Å². The van der Waals surface area contributed by atoms with Crippen LogP contribution in [-0.4, -0.2) is 19.9 Å². The zero-order valence-electron chi connectivity index (χ0n) is 27.2. The lowest BCUT2D eigenvalue weighted by molar-refractivity contribution is 1.07. The van der Waals surface area contributed by atoms with Crippen molar-refractivity contribution in [2.45, 2.75) is 0 Å². The zero-order chi connectivity index (χ0) is 34.1. The third kappa shape index (κ3) is 5.62. The monoisotopic (exact) mass is 669 g/mol. The van der Waals surface area contributed by atoms with Crippen molar-refractivity contribution in [1.29, 1.82) is 5.26 Å². The van der Waals surface area contributed by atoms with Gasteiger partial charge >= 0.3 is 0 Å². The summed E-state index contributed by atoms with van der Waals surface area (Å²) in [6, 6.07) is 57.6. The molecule has 0 amide bonds. The molecule has 0 atom stereocenters. The lowest BCUT2D eigenvalue weighted by Crippen LogP contribution is -2.00. The molecular weight excluding hydrogens is 643 g/mol. The number of pyridine rings is 1. The number of nitrogens with zero attached hydrogens (tertiary/aromatic N) is 5. The molecule has 0 radical (unpaired) electrons. The molecule has 51 heavy (non-hydrogen) atoms. The van der Waals surface area contributed by atoms with Crippen molar-refractivity contribution in [2.75, 3.05) is 0 Å². The van der Waals surface area contributed by atoms with E-state index in [1.807, 2.05) is 109 Å². The second-order valence-electron chi connectivity index (χ2n) is 12.2. The number of para-hydroxylation sites is 1. The largest absolute Gasteiger partial charge is 0.247 e. The van der Waals surface area contributed by atoms with Gasteiger partial charge < -0.3 is 0 Å². The fourth-order valence-electron chi connectivity index (χ4n) is 6.49. The summed E-state index contributed by atoms with van der Waals surface area (Å²) in [4.78, 5) is 20.9. The molecule has 0 N–H and O–H groups in total. The van der Waals surface area contributed by atoms with Crippen LogP contribution in [0.3, 0.4) is 0 Å². The van der Waals surface area contributed by atoms with Crippen molar-refractivity contribution in [3.63, 3.8) is 0 Å². The minimum absolute atomic E-state index is 0.578. The number of fused-ring (bicyclic) bond motifs is 3. The molecule has 238 valence electrons. The smallest absolute Gasteiger partial charge is 0.164 e. The topological polar surface area (TPSA) is 75.3 Å². The highest BCUT2D eigenvalue weighted by Crippen LogP contribution is 2.45. The van der Waals surface area contributed by atoms with Gasteiger partial charge in [0.1, 0.15) is 6.07 Å². The summed E-state index contributed by atoms with van der Waals surface area (Å²) < 4.78 is 1.06. The van der Waals surface area contributed by atoms with Gasteiger partial charge in [0.25, 0.3) is 0 Å². The maximum Gasteiger partial charge on any atom is 0.164 e. The van der Waals surface area contributed by atoms with E-state index >= 15 is 0 Å². The molecule has 0 spiro atoms. The van der Waals surface area contributed by atoms with E-state index in [9.17, 15) is 5.26 Å². The Hall–Kier alpha value is -6.81. The predicted octanol–water partition coefficient (Wildman–Crippen LogP) is 11.5. The van der Waals surface area contributed by atoms with Crippen LogP contribution in [0, 0.1) is 11.3 Å². The Balaban J connectivity index is 1.17. The molecular formula is C45H27N5S. The van der Waals surface area contributed by atoms with Crippen LogP contribution in [0.1, 0.15) is 5.56 Å². The molecule has 3 heterocycles. The van der Waals surface area contributed by atoms with Gasteiger partial charge in [-0.25, -0.2) is 19.9 Å². The van der Waals surface area contributed by atoms with Crippen LogP contribution in [0.5, 0.6) is 0 Å². The van der Waals surface area contributed by atoms with Gasteiger partial charge in [0, 0.05) is 37.7 Å². The Kier molecular flexibility index (Phi) is 7.66. The third-order valence-corrected chi connectivity index (χ3v) is 10.3. The lowest BCUT2D eigenvalue weighted by Gasteiger charge is -2.10. The van der Waals surface area contributed by atoms with E-state index < -0.39 is 0 Å². The molecule has 0 saturated heterocycles. The van der Waals surface area contributed by atoms with Crippen LogP contribution < -0.4 is 0 Å². The van der Waals surface area contributed by atoms with Gasteiger partial charge in [0.05, 0.1) is 21.7 Å². The van der Waals surface area contributed by atoms with Gasteiger partial charge in [0.2, 0.25) is 0 Å². The number of aromatic nitrogens is 4. The molecule has 0 aliphatic carbocycles. The van der Waals surface area contributed by atoms with Crippen molar-refractivity contribution in [2.24, 2.45) is 0 Å². The number of rotatable bonds is 6. The third-order valence-electron chi connectivity index (χ3n) is 8.99. The van der Waals surface area contributed by atoms with Crippen LogP contribution in [0.4, 0.5) is 0 Å². The number of thiophene rings is 1. The maximum atomic E-state index is 10.6. The van der Waals surface area contributed by atoms with Crippen LogP contribution in [-0.2, 0) is 0 Å². The van der Waals surface area contributed by atoms with Gasteiger partial charge in [-0.15, -0.1) is 11.3 Å². The fourth-order valence-corrected chi connectivity index (χ4v) is 7.78. The Morgan fingerprint density at radius 2 is 0.941 bits per heavy atom. The normalized spacial score (nSPS) is 11.1. The highest BCUT2D eigenvalue weighted by atomic mass is 32.1. The molecule has 3 aromatic heterocycles. The molecule has 0 fully saturated rings. The zero-order valence-corrected chi connectivity index (χ0v) is 28.0. The predicted molar refractivity (Wildman–Crippen MR) is 208 cm³/mol. The van der Waals surface area contributed by atoms with E-state index in [1.165, 1.54) is 0 Å². The molecule has 0 saturated carbocycles. The van der Waals surface area contributed by atoms with Crippen molar-refractivity contribution in [3.8, 4) is 73.1 Å². The SMILES string of the molecule is N#Cc1c(-c2ccc(-c3nc(-c4ccccc4)nc(-c4cccc(-c5ccccc5)c4)n3)cc2)sc2c1c(-c1ccccc1)nc1ccccc12. The van der Waals surface area contributed by atoms with Crippen molar-refractivity contribution in [1.82, 2.24) is 19.9 Å². The van der Waals surface area contributed by atoms with Crippen molar-refractivity contribution < 1.29 is 0 Å². The number of hydrogen-bond acceptors (Lipinski definition) is 6. The lowest BCUT2D eigenvalue weighted by atomic mass is 10.00. The van der Waals surface area contributed by atoms with E-state index in [2.05, 4.69) is 60.7 Å². The van der Waals surface area contributed by atoms with Gasteiger partial charge in [-0.1, -0.05) is 152 Å². The van der Waals surface area contributed by atoms with Crippen LogP contribution >= 0.6 is 11.3 Å². The Morgan fingerprint density at radius 3 is 1.61 bits per heavy atom. The van der Waals surface area contributed by atoms with Crippen LogP contribution in [0.15, 0.2) is 164 Å². The summed E-state index contributed by atoms with van der Waals surface area (Å²) in [5, 5.41) is 12.5. The number of hydrogen-bond donors (Lipinski definition) is 0. The summed E-state index contributed by atoms with van der Waals surface area (Å²) in [7, 11) is 0. The van der Waals surface area contributed by atoms with Gasteiger partial charge in [0.15, 0.2) is 17.5 Å². The first-order valence-electron chi connectivity index (χ1n) is 16.6. The quantitative estimate of drug-likeness (QED) is 0.176. The van der Waals surface area contributed by atoms with E-state index in [1.54, 1.807) is 11.3 Å². The average Bonchev–Trinajstić information content (AvgIpc) is 3.62. The second-order valence-corrected chi connectivity index (χ2v) is 13.2. The summed E-state index contributed by atoms with van der Waals surface area (Å²) >= 11 is 1.64. The molecule has 0 bridgehead atoms. The highest BCUT2D eigenvalue weighted by Gasteiger charge is 2.22. The highest BCUT2D eigenvalue weighted by molar-refractivity contribution is 7.23. The van der Waals surface area contributed by atoms with E-state index in [-0.39, 0.29) is 0 Å². The molecule has 6 heteroatoms. The summed E-state index contributed by atoms with van der Waals surface area (Å²) in [5.74, 6) is 1.78. The van der Waals surface area contributed by atoms with E-state index in [0.717, 1.165) is 70.5 Å². The Morgan fingerprint density at radius 1 is 0.431 bits per heavy atom. The molecule has 0 aliphatic heterocycles. The molecule has 6 aromatic carbocycles. The average molecular weight is 670 g/mol. The summed E-state index contributed by atoms with van der Waals surface area (Å²) in [5.41, 5.74) is 9.20. The van der Waals surface area contributed by atoms with E-state index in [0.29, 0.717) is 23.0 Å². The van der Waals surface area contributed by atoms with Gasteiger partial charge in [-0.2, -0.15) is 5.26 Å². The first-order valence-corrected chi connectivity index (χ1v) is 17.4. The first-order chi connectivity index (χ1) is 25.2. The van der Waals surface area contributed by atoms with Crippen LogP contribution in [0.25, 0.3) is 88.0 Å². The minimum atomic E-state index is 0.578. The Bertz CT molecular complexity index is 2730. The summed E-state index contributed by atoms with van der Waals surface area (Å²) in [6.07, 6.45) is 0. The molecule has 9 aromatic rings. The fraction of sp³-hybridized carbons (Fsp3) is 0. The molecule has 0 unspecified atom stereocenters. The van der Waals surface area contributed by atoms with E-state index in [4.69, 9.17) is 19.9 Å². The maximum absolute atomic E-state index is 10.6. The van der Waals surface area contributed by atoms with Crippen molar-refractivity contribution >= 4 is 32.3 Å². The molecule has 9 rings (SSSR count). The second kappa shape index (κ2) is 12.9. The standard InChI is InChI=1S/C45H27N5S/c46-28-37-39-40(30-15-6-2-7-16-30)47-38-22-11-10-21-36(38)42(39)51-41(37)31-23-25-33(26-24-31)44-48-43(32-17-8-3-9-18-32)49-45(50-44)35-20-12-19-34(27-35)29-13-4-1-5-14-29/h1-27H. The number of nitriles is 1. The van der Waals surface area contributed by atoms with Gasteiger partial charge in [-0.3, -0.25) is 0 Å². The number of benzene rings is 6.